The van der Waals surface area contributed by atoms with Gasteiger partial charge in [-0.25, -0.2) is 4.98 Å². The fourth-order valence-electron chi connectivity index (χ4n) is 2.40. The number of rotatable bonds is 4. The van der Waals surface area contributed by atoms with Gasteiger partial charge in [0.15, 0.2) is 0 Å². The van der Waals surface area contributed by atoms with Crippen LogP contribution < -0.4 is 5.73 Å². The van der Waals surface area contributed by atoms with E-state index in [-0.39, 0.29) is 6.10 Å². The maximum absolute atomic E-state index is 5.94. The van der Waals surface area contributed by atoms with Crippen molar-refractivity contribution in [2.24, 2.45) is 18.7 Å². The summed E-state index contributed by atoms with van der Waals surface area (Å²) in [5.41, 5.74) is 5.77. The summed E-state index contributed by atoms with van der Waals surface area (Å²) in [6.07, 6.45) is 6.74. The lowest BCUT2D eigenvalue weighted by atomic mass is 9.86. The summed E-state index contributed by atoms with van der Waals surface area (Å²) in [6, 6.07) is 0. The van der Waals surface area contributed by atoms with Gasteiger partial charge in [-0.05, 0) is 25.3 Å². The van der Waals surface area contributed by atoms with Crippen LogP contribution in [0.1, 0.15) is 31.5 Å². The Morgan fingerprint density at radius 1 is 1.53 bits per heavy atom. The first-order valence-corrected chi connectivity index (χ1v) is 6.58. The minimum Gasteiger partial charge on any atom is -0.370 e. The standard InChI is InChI=1S/C12H20ClN3O/c1-16-11(13)7-15-12(16)8-17-10-5-3-2-4-9(10)6-14/h7,9-10H,2-6,8,14H2,1H3. The van der Waals surface area contributed by atoms with Crippen LogP contribution in [0.25, 0.3) is 0 Å². The molecule has 2 N–H and O–H groups in total. The zero-order valence-electron chi connectivity index (χ0n) is 10.2. The lowest BCUT2D eigenvalue weighted by Crippen LogP contribution is -2.33. The van der Waals surface area contributed by atoms with Crippen molar-refractivity contribution in [3.63, 3.8) is 0 Å². The smallest absolute Gasteiger partial charge is 0.135 e. The van der Waals surface area contributed by atoms with Gasteiger partial charge in [0.2, 0.25) is 0 Å². The van der Waals surface area contributed by atoms with Gasteiger partial charge < -0.3 is 15.0 Å². The van der Waals surface area contributed by atoms with Gasteiger partial charge in [-0.2, -0.15) is 0 Å². The fourth-order valence-corrected chi connectivity index (χ4v) is 2.55. The normalized spacial score (nSPS) is 25.1. The van der Waals surface area contributed by atoms with Gasteiger partial charge >= 0.3 is 0 Å². The van der Waals surface area contributed by atoms with E-state index in [0.717, 1.165) is 12.2 Å². The van der Waals surface area contributed by atoms with Crippen LogP contribution in [0.2, 0.25) is 5.15 Å². The van der Waals surface area contributed by atoms with Crippen molar-refractivity contribution in [2.75, 3.05) is 6.54 Å². The second-order valence-electron chi connectivity index (χ2n) is 4.69. The molecule has 2 atom stereocenters. The zero-order valence-corrected chi connectivity index (χ0v) is 11.0. The van der Waals surface area contributed by atoms with Gasteiger partial charge in [0, 0.05) is 7.05 Å². The Morgan fingerprint density at radius 2 is 2.29 bits per heavy atom. The van der Waals surface area contributed by atoms with Crippen molar-refractivity contribution >= 4 is 11.6 Å². The number of halogens is 1. The molecular weight excluding hydrogens is 238 g/mol. The van der Waals surface area contributed by atoms with Gasteiger partial charge in [0.25, 0.3) is 0 Å². The average Bonchev–Trinajstić information content (AvgIpc) is 2.68. The highest BCUT2D eigenvalue weighted by Crippen LogP contribution is 2.26. The summed E-state index contributed by atoms with van der Waals surface area (Å²) in [6.45, 7) is 1.23. The monoisotopic (exact) mass is 257 g/mol. The SMILES string of the molecule is Cn1c(Cl)cnc1COC1CCCCC1CN. The van der Waals surface area contributed by atoms with E-state index in [1.807, 2.05) is 11.6 Å². The summed E-state index contributed by atoms with van der Waals surface area (Å²) < 4.78 is 7.79. The Labute approximate surface area is 107 Å². The number of aromatic nitrogens is 2. The second-order valence-corrected chi connectivity index (χ2v) is 5.07. The van der Waals surface area contributed by atoms with Gasteiger partial charge in [0.1, 0.15) is 17.6 Å². The molecule has 0 amide bonds. The number of imidazole rings is 1. The Hall–Kier alpha value is -0.580. The predicted octanol–water partition coefficient (Wildman–Crippen LogP) is 2.11. The predicted molar refractivity (Wildman–Crippen MR) is 67.8 cm³/mol. The van der Waals surface area contributed by atoms with Crippen molar-refractivity contribution in [3.05, 3.63) is 17.2 Å². The second kappa shape index (κ2) is 5.85. The lowest BCUT2D eigenvalue weighted by molar-refractivity contribution is -0.0217. The van der Waals surface area contributed by atoms with Crippen molar-refractivity contribution < 1.29 is 4.74 Å². The molecule has 1 aromatic heterocycles. The first-order valence-electron chi connectivity index (χ1n) is 6.20. The summed E-state index contributed by atoms with van der Waals surface area (Å²) >= 11 is 5.93. The Kier molecular flexibility index (Phi) is 4.42. The molecule has 1 heterocycles. The first kappa shape index (κ1) is 12.9. The van der Waals surface area contributed by atoms with Gasteiger partial charge in [-0.1, -0.05) is 24.4 Å². The van der Waals surface area contributed by atoms with Crippen LogP contribution in [0.3, 0.4) is 0 Å². The highest BCUT2D eigenvalue weighted by Gasteiger charge is 2.24. The van der Waals surface area contributed by atoms with E-state index in [9.17, 15) is 0 Å². The fraction of sp³-hybridized carbons (Fsp3) is 0.750. The third-order valence-corrected chi connectivity index (χ3v) is 3.95. The molecule has 0 aliphatic heterocycles. The van der Waals surface area contributed by atoms with Gasteiger partial charge in [-0.3, -0.25) is 0 Å². The van der Waals surface area contributed by atoms with E-state index < -0.39 is 0 Å². The highest BCUT2D eigenvalue weighted by atomic mass is 35.5. The molecule has 1 aliphatic carbocycles. The molecule has 17 heavy (non-hydrogen) atoms. The van der Waals surface area contributed by atoms with Crippen molar-refractivity contribution in [1.82, 2.24) is 9.55 Å². The van der Waals surface area contributed by atoms with Crippen molar-refractivity contribution in [1.29, 1.82) is 0 Å². The molecule has 0 radical (unpaired) electrons. The molecule has 96 valence electrons. The van der Waals surface area contributed by atoms with E-state index in [1.165, 1.54) is 19.3 Å². The van der Waals surface area contributed by atoms with Crippen LogP contribution in [0.4, 0.5) is 0 Å². The van der Waals surface area contributed by atoms with Crippen LogP contribution >= 0.6 is 11.6 Å². The quantitative estimate of drug-likeness (QED) is 0.899. The average molecular weight is 258 g/mol. The number of nitrogens with zero attached hydrogens (tertiary/aromatic N) is 2. The van der Waals surface area contributed by atoms with E-state index in [1.54, 1.807) is 6.20 Å². The van der Waals surface area contributed by atoms with Crippen molar-refractivity contribution in [2.45, 2.75) is 38.4 Å². The molecule has 0 saturated heterocycles. The van der Waals surface area contributed by atoms with Gasteiger partial charge in [-0.15, -0.1) is 0 Å². The Morgan fingerprint density at radius 3 is 2.94 bits per heavy atom. The summed E-state index contributed by atoms with van der Waals surface area (Å²) in [4.78, 5) is 4.23. The zero-order chi connectivity index (χ0) is 12.3. The minimum atomic E-state index is 0.282. The molecule has 5 heteroatoms. The van der Waals surface area contributed by atoms with Crippen LogP contribution in [0.15, 0.2) is 6.20 Å². The first-order chi connectivity index (χ1) is 8.22. The number of hydrogen-bond acceptors (Lipinski definition) is 3. The molecule has 4 nitrogen and oxygen atoms in total. The summed E-state index contributed by atoms with van der Waals surface area (Å²) in [7, 11) is 1.90. The minimum absolute atomic E-state index is 0.282. The van der Waals surface area contributed by atoms with Crippen LogP contribution in [0, 0.1) is 5.92 Å². The third-order valence-electron chi connectivity index (χ3n) is 3.60. The molecule has 1 aromatic rings. The maximum atomic E-state index is 5.94. The molecule has 2 unspecified atom stereocenters. The van der Waals surface area contributed by atoms with E-state index in [0.29, 0.717) is 24.2 Å². The van der Waals surface area contributed by atoms with E-state index in [4.69, 9.17) is 22.1 Å². The van der Waals surface area contributed by atoms with Crippen LogP contribution in [-0.2, 0) is 18.4 Å². The van der Waals surface area contributed by atoms with Crippen molar-refractivity contribution in [3.8, 4) is 0 Å². The molecule has 1 aliphatic rings. The third kappa shape index (κ3) is 3.00. The molecule has 2 rings (SSSR count). The molecule has 1 saturated carbocycles. The largest absolute Gasteiger partial charge is 0.370 e. The molecule has 0 bridgehead atoms. The molecule has 0 aromatic carbocycles. The summed E-state index contributed by atoms with van der Waals surface area (Å²) in [5, 5.41) is 0.641. The molecule has 0 spiro atoms. The summed E-state index contributed by atoms with van der Waals surface area (Å²) in [5.74, 6) is 1.37. The van der Waals surface area contributed by atoms with Crippen LogP contribution in [-0.4, -0.2) is 22.2 Å². The number of ether oxygens (including phenoxy) is 1. The molecular formula is C12H20ClN3O. The number of nitrogens with two attached hydrogens (primary N) is 1. The van der Waals surface area contributed by atoms with E-state index in [2.05, 4.69) is 4.98 Å². The van der Waals surface area contributed by atoms with E-state index >= 15 is 0 Å². The highest BCUT2D eigenvalue weighted by molar-refractivity contribution is 6.29. The molecule has 1 fully saturated rings. The van der Waals surface area contributed by atoms with Gasteiger partial charge in [0.05, 0.1) is 12.3 Å². The number of hydrogen-bond donors (Lipinski definition) is 1. The topological polar surface area (TPSA) is 53.1 Å². The Bertz CT molecular complexity index is 367. The maximum Gasteiger partial charge on any atom is 0.135 e. The Balaban J connectivity index is 1.90. The van der Waals surface area contributed by atoms with Crippen LogP contribution in [0.5, 0.6) is 0 Å². The lowest BCUT2D eigenvalue weighted by Gasteiger charge is -2.30.